The molecule has 5 rings (SSSR count). The molecule has 7 nitrogen and oxygen atoms in total. The number of piperidine rings is 1. The smallest absolute Gasteiger partial charge is 0.238 e. The fourth-order valence-corrected chi connectivity index (χ4v) is 5.10. The first kappa shape index (κ1) is 20.1. The molecular formula is C24H30N4O3. The standard InChI is InChI=1S/C24H30N4O3/c1-30-22-4-2-3-20(13-22)27-9-7-18(8-10-27)14-26-11-12-28-21(15-26)17-31-24-23(28)6-5-19(16-29)25-24/h2-6,13,16,18,21H,7-12,14-15,17H2,1H3. The summed E-state index contributed by atoms with van der Waals surface area (Å²) in [6.45, 7) is 7.04. The average Bonchev–Trinajstić information content (AvgIpc) is 2.84. The van der Waals surface area contributed by atoms with E-state index in [1.807, 2.05) is 12.1 Å². The number of pyridine rings is 1. The average molecular weight is 423 g/mol. The number of ether oxygens (including phenoxy) is 2. The third-order valence-electron chi connectivity index (χ3n) is 6.82. The van der Waals surface area contributed by atoms with E-state index in [0.29, 0.717) is 24.2 Å². The van der Waals surface area contributed by atoms with Crippen molar-refractivity contribution in [3.63, 3.8) is 0 Å². The van der Waals surface area contributed by atoms with Crippen molar-refractivity contribution < 1.29 is 14.3 Å². The van der Waals surface area contributed by atoms with E-state index in [1.165, 1.54) is 18.5 Å². The molecule has 1 aromatic heterocycles. The summed E-state index contributed by atoms with van der Waals surface area (Å²) < 4.78 is 11.3. The molecule has 0 aliphatic carbocycles. The maximum atomic E-state index is 11.0. The predicted molar refractivity (Wildman–Crippen MR) is 121 cm³/mol. The number of benzene rings is 1. The SMILES string of the molecule is COc1cccc(N2CCC(CN3CCN4c5ccc(C=O)nc5OCC4C3)CC2)c1. The first-order valence-electron chi connectivity index (χ1n) is 11.2. The highest BCUT2D eigenvalue weighted by atomic mass is 16.5. The van der Waals surface area contributed by atoms with E-state index in [-0.39, 0.29) is 0 Å². The van der Waals surface area contributed by atoms with Gasteiger partial charge >= 0.3 is 0 Å². The molecule has 0 amide bonds. The van der Waals surface area contributed by atoms with E-state index < -0.39 is 0 Å². The quantitative estimate of drug-likeness (QED) is 0.687. The zero-order valence-corrected chi connectivity index (χ0v) is 18.1. The van der Waals surface area contributed by atoms with Gasteiger partial charge in [-0.3, -0.25) is 9.69 Å². The third-order valence-corrected chi connectivity index (χ3v) is 6.82. The summed E-state index contributed by atoms with van der Waals surface area (Å²) in [6.07, 6.45) is 3.22. The number of hydrogen-bond donors (Lipinski definition) is 0. The van der Waals surface area contributed by atoms with Gasteiger partial charge in [-0.2, -0.15) is 0 Å². The molecule has 0 bridgehead atoms. The van der Waals surface area contributed by atoms with Crippen molar-refractivity contribution in [2.45, 2.75) is 18.9 Å². The maximum Gasteiger partial charge on any atom is 0.238 e. The van der Waals surface area contributed by atoms with Gasteiger partial charge in [-0.25, -0.2) is 4.98 Å². The van der Waals surface area contributed by atoms with E-state index in [1.54, 1.807) is 13.2 Å². The number of carbonyl (C=O) groups excluding carboxylic acids is 1. The van der Waals surface area contributed by atoms with Crippen LogP contribution in [0.3, 0.4) is 0 Å². The summed E-state index contributed by atoms with van der Waals surface area (Å²) in [5.74, 6) is 2.26. The van der Waals surface area contributed by atoms with Crippen molar-refractivity contribution in [3.8, 4) is 11.6 Å². The largest absolute Gasteiger partial charge is 0.497 e. The minimum absolute atomic E-state index is 0.349. The first-order valence-corrected chi connectivity index (χ1v) is 11.2. The Bertz CT molecular complexity index is 929. The predicted octanol–water partition coefficient (Wildman–Crippen LogP) is 2.70. The summed E-state index contributed by atoms with van der Waals surface area (Å²) in [6, 6.07) is 12.5. The Morgan fingerprint density at radius 1 is 1.16 bits per heavy atom. The molecule has 0 radical (unpaired) electrons. The lowest BCUT2D eigenvalue weighted by Crippen LogP contribution is -2.58. The van der Waals surface area contributed by atoms with Gasteiger partial charge in [0, 0.05) is 51.0 Å². The van der Waals surface area contributed by atoms with E-state index in [2.05, 4.69) is 37.9 Å². The van der Waals surface area contributed by atoms with Crippen LogP contribution in [0.25, 0.3) is 0 Å². The molecule has 4 heterocycles. The lowest BCUT2D eigenvalue weighted by Gasteiger charge is -2.46. The van der Waals surface area contributed by atoms with E-state index in [0.717, 1.165) is 62.9 Å². The second kappa shape index (κ2) is 8.75. The topological polar surface area (TPSA) is 58.1 Å². The van der Waals surface area contributed by atoms with Crippen LogP contribution in [-0.2, 0) is 0 Å². The number of aromatic nitrogens is 1. The minimum atomic E-state index is 0.349. The summed E-state index contributed by atoms with van der Waals surface area (Å²) in [7, 11) is 1.72. The molecule has 2 fully saturated rings. The summed E-state index contributed by atoms with van der Waals surface area (Å²) in [4.78, 5) is 22.8. The summed E-state index contributed by atoms with van der Waals surface area (Å²) in [5, 5.41) is 0. The second-order valence-electron chi connectivity index (χ2n) is 8.73. The Balaban J connectivity index is 1.15. The van der Waals surface area contributed by atoms with E-state index in [9.17, 15) is 4.79 Å². The van der Waals surface area contributed by atoms with Crippen LogP contribution in [0.15, 0.2) is 36.4 Å². The number of carbonyl (C=O) groups is 1. The number of anilines is 2. The van der Waals surface area contributed by atoms with Crippen molar-refractivity contribution in [3.05, 3.63) is 42.1 Å². The fourth-order valence-electron chi connectivity index (χ4n) is 5.10. The van der Waals surface area contributed by atoms with Crippen LogP contribution in [0.4, 0.5) is 11.4 Å². The number of fused-ring (bicyclic) bond motifs is 3. The highest BCUT2D eigenvalue weighted by molar-refractivity contribution is 5.74. The number of piperazine rings is 1. The third kappa shape index (κ3) is 4.19. The Morgan fingerprint density at radius 3 is 2.84 bits per heavy atom. The van der Waals surface area contributed by atoms with E-state index in [4.69, 9.17) is 9.47 Å². The molecular weight excluding hydrogens is 392 g/mol. The van der Waals surface area contributed by atoms with Crippen molar-refractivity contribution in [2.24, 2.45) is 5.92 Å². The molecule has 3 aliphatic heterocycles. The second-order valence-corrected chi connectivity index (χ2v) is 8.73. The van der Waals surface area contributed by atoms with Crippen molar-refractivity contribution in [1.29, 1.82) is 0 Å². The molecule has 164 valence electrons. The van der Waals surface area contributed by atoms with Crippen LogP contribution in [-0.4, -0.2) is 75.2 Å². The highest BCUT2D eigenvalue weighted by Gasteiger charge is 2.34. The van der Waals surface area contributed by atoms with Crippen molar-refractivity contribution in [1.82, 2.24) is 9.88 Å². The minimum Gasteiger partial charge on any atom is -0.497 e. The van der Waals surface area contributed by atoms with Crippen molar-refractivity contribution >= 4 is 17.7 Å². The molecule has 31 heavy (non-hydrogen) atoms. The molecule has 7 heteroatoms. The highest BCUT2D eigenvalue weighted by Crippen LogP contribution is 2.34. The molecule has 1 aromatic carbocycles. The van der Waals surface area contributed by atoms with Gasteiger partial charge in [0.05, 0.1) is 13.2 Å². The lowest BCUT2D eigenvalue weighted by molar-refractivity contribution is 0.111. The zero-order chi connectivity index (χ0) is 21.2. The molecule has 1 unspecified atom stereocenters. The summed E-state index contributed by atoms with van der Waals surface area (Å²) >= 11 is 0. The van der Waals surface area contributed by atoms with Crippen LogP contribution < -0.4 is 19.3 Å². The summed E-state index contributed by atoms with van der Waals surface area (Å²) in [5.41, 5.74) is 2.71. The molecule has 2 saturated heterocycles. The first-order chi connectivity index (χ1) is 15.2. The number of hydrogen-bond acceptors (Lipinski definition) is 7. The van der Waals surface area contributed by atoms with Crippen LogP contribution >= 0.6 is 0 Å². The molecule has 0 saturated carbocycles. The zero-order valence-electron chi connectivity index (χ0n) is 18.1. The lowest BCUT2D eigenvalue weighted by atomic mass is 9.95. The molecule has 1 atom stereocenters. The Labute approximate surface area is 183 Å². The molecule has 0 spiro atoms. The van der Waals surface area contributed by atoms with Crippen LogP contribution in [0.5, 0.6) is 11.6 Å². The number of rotatable bonds is 5. The van der Waals surface area contributed by atoms with Gasteiger partial charge < -0.3 is 19.3 Å². The van der Waals surface area contributed by atoms with Crippen LogP contribution in [0.1, 0.15) is 23.3 Å². The van der Waals surface area contributed by atoms with E-state index >= 15 is 0 Å². The van der Waals surface area contributed by atoms with Gasteiger partial charge in [0.2, 0.25) is 5.88 Å². The van der Waals surface area contributed by atoms with Crippen LogP contribution in [0, 0.1) is 5.92 Å². The van der Waals surface area contributed by atoms with Gasteiger partial charge in [-0.05, 0) is 43.0 Å². The fraction of sp³-hybridized carbons (Fsp3) is 0.500. The Hall–Kier alpha value is -2.80. The molecule has 2 aromatic rings. The van der Waals surface area contributed by atoms with Gasteiger partial charge in [0.1, 0.15) is 23.7 Å². The molecule has 0 N–H and O–H groups in total. The number of methoxy groups -OCH3 is 1. The van der Waals surface area contributed by atoms with Crippen LogP contribution in [0.2, 0.25) is 0 Å². The number of aldehydes is 1. The Morgan fingerprint density at radius 2 is 2.03 bits per heavy atom. The molecule has 3 aliphatic rings. The normalized spacial score (nSPS) is 21.8. The number of nitrogens with zero attached hydrogens (tertiary/aromatic N) is 4. The monoisotopic (exact) mass is 422 g/mol. The van der Waals surface area contributed by atoms with Gasteiger partial charge in [-0.1, -0.05) is 6.07 Å². The Kier molecular flexibility index (Phi) is 5.68. The van der Waals surface area contributed by atoms with Gasteiger partial charge in [0.15, 0.2) is 6.29 Å². The maximum absolute atomic E-state index is 11.0. The van der Waals surface area contributed by atoms with Gasteiger partial charge in [0.25, 0.3) is 0 Å². The van der Waals surface area contributed by atoms with Crippen molar-refractivity contribution in [2.75, 3.05) is 62.8 Å². The van der Waals surface area contributed by atoms with Gasteiger partial charge in [-0.15, -0.1) is 0 Å².